The maximum atomic E-state index is 6.00. The van der Waals surface area contributed by atoms with E-state index in [1.807, 2.05) is 7.05 Å². The van der Waals surface area contributed by atoms with Gasteiger partial charge in [-0.25, -0.2) is 0 Å². The summed E-state index contributed by atoms with van der Waals surface area (Å²) in [6.45, 7) is 2.17. The minimum absolute atomic E-state index is 0.252. The minimum Gasteiger partial charge on any atom is -0.488 e. The first-order chi connectivity index (χ1) is 9.81. The molecule has 0 fully saturated rings. The third kappa shape index (κ3) is 2.44. The average molecular weight is 267 g/mol. The van der Waals surface area contributed by atoms with Crippen LogP contribution < -0.4 is 10.1 Å². The molecule has 2 atom stereocenters. The zero-order valence-electron chi connectivity index (χ0n) is 12.1. The van der Waals surface area contributed by atoms with Crippen LogP contribution in [0.1, 0.15) is 36.1 Å². The first kappa shape index (κ1) is 13.2. The molecule has 0 saturated carbocycles. The Kier molecular flexibility index (Phi) is 3.75. The predicted octanol–water partition coefficient (Wildman–Crippen LogP) is 3.71. The summed E-state index contributed by atoms with van der Waals surface area (Å²) >= 11 is 0. The van der Waals surface area contributed by atoms with Gasteiger partial charge in [-0.1, -0.05) is 49.4 Å². The first-order valence-corrected chi connectivity index (χ1v) is 7.32. The van der Waals surface area contributed by atoms with Gasteiger partial charge < -0.3 is 10.1 Å². The molecule has 1 aliphatic heterocycles. The van der Waals surface area contributed by atoms with E-state index >= 15 is 0 Å². The molecule has 3 rings (SSSR count). The Morgan fingerprint density at radius 2 is 1.85 bits per heavy atom. The van der Waals surface area contributed by atoms with Crippen molar-refractivity contribution in [2.45, 2.75) is 31.9 Å². The number of likely N-dealkylation sites (N-methyl/N-ethyl adjacent to an activating group) is 1. The number of fused-ring (bicyclic) bond motifs is 1. The van der Waals surface area contributed by atoms with Gasteiger partial charge >= 0.3 is 0 Å². The van der Waals surface area contributed by atoms with Crippen LogP contribution in [0, 0.1) is 0 Å². The van der Waals surface area contributed by atoms with Gasteiger partial charge in [-0.05, 0) is 37.1 Å². The molecular formula is C18H21NO. The molecule has 1 N–H and O–H groups in total. The standard InChI is InChI=1S/C18H21NO/c1-3-16-18(19-2)15-12-14(9-10-17(15)20-16)11-13-7-5-4-6-8-13/h4-10,12,16,18-19H,3,11H2,1-2H3. The lowest BCUT2D eigenvalue weighted by molar-refractivity contribution is 0.189. The SMILES string of the molecule is CCC1Oc2ccc(Cc3ccccc3)cc2C1NC. The van der Waals surface area contributed by atoms with Gasteiger partial charge in [-0.3, -0.25) is 0 Å². The number of nitrogens with one attached hydrogen (secondary N) is 1. The zero-order valence-corrected chi connectivity index (χ0v) is 12.1. The van der Waals surface area contributed by atoms with Crippen LogP contribution in [-0.2, 0) is 6.42 Å². The summed E-state index contributed by atoms with van der Waals surface area (Å²) in [6.07, 6.45) is 2.25. The van der Waals surface area contributed by atoms with Crippen LogP contribution in [0.3, 0.4) is 0 Å². The van der Waals surface area contributed by atoms with Crippen molar-refractivity contribution >= 4 is 0 Å². The molecule has 2 aromatic carbocycles. The van der Waals surface area contributed by atoms with Crippen molar-refractivity contribution in [3.05, 3.63) is 65.2 Å². The third-order valence-electron chi connectivity index (χ3n) is 4.02. The monoisotopic (exact) mass is 267 g/mol. The Balaban J connectivity index is 1.87. The van der Waals surface area contributed by atoms with Gasteiger partial charge in [0, 0.05) is 5.56 Å². The van der Waals surface area contributed by atoms with Crippen LogP contribution in [-0.4, -0.2) is 13.2 Å². The van der Waals surface area contributed by atoms with E-state index in [-0.39, 0.29) is 6.10 Å². The highest BCUT2D eigenvalue weighted by molar-refractivity contribution is 5.44. The van der Waals surface area contributed by atoms with E-state index in [2.05, 4.69) is 60.8 Å². The number of hydrogen-bond donors (Lipinski definition) is 1. The van der Waals surface area contributed by atoms with Crippen molar-refractivity contribution in [1.82, 2.24) is 5.32 Å². The maximum absolute atomic E-state index is 6.00. The van der Waals surface area contributed by atoms with E-state index < -0.39 is 0 Å². The first-order valence-electron chi connectivity index (χ1n) is 7.32. The molecule has 0 radical (unpaired) electrons. The van der Waals surface area contributed by atoms with Gasteiger partial charge in [0.2, 0.25) is 0 Å². The lowest BCUT2D eigenvalue weighted by Crippen LogP contribution is -2.27. The number of ether oxygens (including phenoxy) is 1. The molecule has 104 valence electrons. The number of benzene rings is 2. The van der Waals surface area contributed by atoms with E-state index in [9.17, 15) is 0 Å². The van der Waals surface area contributed by atoms with Crippen molar-refractivity contribution in [3.63, 3.8) is 0 Å². The van der Waals surface area contributed by atoms with Crippen LogP contribution in [0.15, 0.2) is 48.5 Å². The number of rotatable bonds is 4. The Labute approximate surface area is 120 Å². The summed E-state index contributed by atoms with van der Waals surface area (Å²) < 4.78 is 6.00. The average Bonchev–Trinajstić information content (AvgIpc) is 2.85. The van der Waals surface area contributed by atoms with Crippen molar-refractivity contribution in [1.29, 1.82) is 0 Å². The third-order valence-corrected chi connectivity index (χ3v) is 4.02. The van der Waals surface area contributed by atoms with Crippen molar-refractivity contribution in [2.24, 2.45) is 0 Å². The Hall–Kier alpha value is -1.80. The molecule has 0 amide bonds. The Morgan fingerprint density at radius 1 is 1.05 bits per heavy atom. The van der Waals surface area contributed by atoms with Gasteiger partial charge in [0.05, 0.1) is 6.04 Å². The fourth-order valence-electron chi connectivity index (χ4n) is 2.98. The van der Waals surface area contributed by atoms with Gasteiger partial charge in [-0.15, -0.1) is 0 Å². The molecule has 0 aromatic heterocycles. The van der Waals surface area contributed by atoms with Crippen LogP contribution in [0.4, 0.5) is 0 Å². The molecule has 1 aliphatic rings. The number of hydrogen-bond acceptors (Lipinski definition) is 2. The van der Waals surface area contributed by atoms with E-state index in [4.69, 9.17) is 4.74 Å². The summed E-state index contributed by atoms with van der Waals surface area (Å²) in [5.41, 5.74) is 3.99. The van der Waals surface area contributed by atoms with E-state index in [0.29, 0.717) is 6.04 Å². The Morgan fingerprint density at radius 3 is 2.55 bits per heavy atom. The molecule has 2 unspecified atom stereocenters. The maximum Gasteiger partial charge on any atom is 0.124 e. The summed E-state index contributed by atoms with van der Waals surface area (Å²) in [7, 11) is 2.01. The molecule has 0 aliphatic carbocycles. The minimum atomic E-state index is 0.252. The molecule has 1 heterocycles. The predicted molar refractivity (Wildman–Crippen MR) is 82.2 cm³/mol. The summed E-state index contributed by atoms with van der Waals surface area (Å²) in [6, 6.07) is 17.5. The summed E-state index contributed by atoms with van der Waals surface area (Å²) in [5, 5.41) is 3.39. The van der Waals surface area contributed by atoms with Crippen LogP contribution in [0.2, 0.25) is 0 Å². The second kappa shape index (κ2) is 5.68. The van der Waals surface area contributed by atoms with Gasteiger partial charge in [0.25, 0.3) is 0 Å². The van der Waals surface area contributed by atoms with Crippen LogP contribution in [0.5, 0.6) is 5.75 Å². The quantitative estimate of drug-likeness (QED) is 0.912. The lowest BCUT2D eigenvalue weighted by Gasteiger charge is -2.16. The van der Waals surface area contributed by atoms with Gasteiger partial charge in [0.1, 0.15) is 11.9 Å². The molecule has 0 spiro atoms. The lowest BCUT2D eigenvalue weighted by atomic mass is 9.97. The zero-order chi connectivity index (χ0) is 13.9. The highest BCUT2D eigenvalue weighted by Gasteiger charge is 2.31. The fraction of sp³-hybridized carbons (Fsp3) is 0.333. The Bertz CT molecular complexity index is 579. The summed E-state index contributed by atoms with van der Waals surface area (Å²) in [5.74, 6) is 1.04. The van der Waals surface area contributed by atoms with E-state index in [0.717, 1.165) is 18.6 Å². The fourth-order valence-corrected chi connectivity index (χ4v) is 2.98. The topological polar surface area (TPSA) is 21.3 Å². The van der Waals surface area contributed by atoms with Gasteiger partial charge in [-0.2, -0.15) is 0 Å². The summed E-state index contributed by atoms with van der Waals surface area (Å²) in [4.78, 5) is 0. The second-order valence-electron chi connectivity index (χ2n) is 5.37. The van der Waals surface area contributed by atoms with E-state index in [1.165, 1.54) is 16.7 Å². The molecule has 2 aromatic rings. The van der Waals surface area contributed by atoms with Crippen molar-refractivity contribution in [3.8, 4) is 5.75 Å². The van der Waals surface area contributed by atoms with Gasteiger partial charge in [0.15, 0.2) is 0 Å². The van der Waals surface area contributed by atoms with Crippen LogP contribution >= 0.6 is 0 Å². The smallest absolute Gasteiger partial charge is 0.124 e. The highest BCUT2D eigenvalue weighted by Crippen LogP contribution is 2.38. The largest absolute Gasteiger partial charge is 0.488 e. The van der Waals surface area contributed by atoms with Crippen LogP contribution in [0.25, 0.3) is 0 Å². The second-order valence-corrected chi connectivity index (χ2v) is 5.37. The molecule has 2 heteroatoms. The normalized spacial score (nSPS) is 20.5. The van der Waals surface area contributed by atoms with Crippen molar-refractivity contribution in [2.75, 3.05) is 7.05 Å². The molecule has 2 nitrogen and oxygen atoms in total. The molecular weight excluding hydrogens is 246 g/mol. The van der Waals surface area contributed by atoms with Crippen molar-refractivity contribution < 1.29 is 4.74 Å². The molecule has 0 saturated heterocycles. The molecule has 20 heavy (non-hydrogen) atoms. The highest BCUT2D eigenvalue weighted by atomic mass is 16.5. The van der Waals surface area contributed by atoms with E-state index in [1.54, 1.807) is 0 Å². The molecule has 0 bridgehead atoms.